The zero-order chi connectivity index (χ0) is 13.0. The topological polar surface area (TPSA) is 48.1 Å². The Labute approximate surface area is 119 Å². The van der Waals surface area contributed by atoms with Crippen LogP contribution in [-0.2, 0) is 6.61 Å². The highest BCUT2D eigenvalue weighted by atomic mass is 79.9. The first kappa shape index (κ1) is 13.0. The smallest absolute Gasteiger partial charge is 0.148 e. The summed E-state index contributed by atoms with van der Waals surface area (Å²) < 4.78 is 6.72. The number of aromatic nitrogens is 1. The Kier molecular flexibility index (Phi) is 4.28. The number of pyridine rings is 1. The Morgan fingerprint density at radius 3 is 2.67 bits per heavy atom. The first-order valence-electron chi connectivity index (χ1n) is 5.28. The van der Waals surface area contributed by atoms with Crippen molar-refractivity contribution in [3.8, 4) is 5.75 Å². The van der Waals surface area contributed by atoms with Crippen LogP contribution in [0.5, 0.6) is 5.75 Å². The van der Waals surface area contributed by atoms with Gasteiger partial charge in [0.05, 0.1) is 11.8 Å². The molecule has 0 bridgehead atoms. The monoisotopic (exact) mass is 322 g/mol. The van der Waals surface area contributed by atoms with Crippen molar-refractivity contribution < 1.29 is 4.74 Å². The lowest BCUT2D eigenvalue weighted by Gasteiger charge is -2.09. The van der Waals surface area contributed by atoms with Crippen LogP contribution in [0.25, 0.3) is 0 Å². The number of nitrogens with zero attached hydrogens (tertiary/aromatic N) is 1. The Bertz CT molecular complexity index is 557. The average Bonchev–Trinajstić information content (AvgIpc) is 2.38. The summed E-state index contributed by atoms with van der Waals surface area (Å²) in [6.45, 7) is 0.453. The molecule has 1 aromatic carbocycles. The van der Waals surface area contributed by atoms with E-state index in [4.69, 9.17) is 22.7 Å². The van der Waals surface area contributed by atoms with Gasteiger partial charge in [0.15, 0.2) is 0 Å². The van der Waals surface area contributed by atoms with E-state index < -0.39 is 0 Å². The summed E-state index contributed by atoms with van der Waals surface area (Å²) in [5.41, 5.74) is 7.39. The Morgan fingerprint density at radius 2 is 2.00 bits per heavy atom. The lowest BCUT2D eigenvalue weighted by Crippen LogP contribution is -2.11. The van der Waals surface area contributed by atoms with Crippen molar-refractivity contribution in [2.45, 2.75) is 6.61 Å². The van der Waals surface area contributed by atoms with Crippen LogP contribution in [0.1, 0.15) is 11.1 Å². The molecule has 5 heteroatoms. The van der Waals surface area contributed by atoms with Gasteiger partial charge >= 0.3 is 0 Å². The number of hydrogen-bond acceptors (Lipinski definition) is 3. The maximum absolute atomic E-state index is 5.68. The van der Waals surface area contributed by atoms with E-state index in [2.05, 4.69) is 20.9 Å². The Balaban J connectivity index is 2.10. The minimum atomic E-state index is 0.309. The summed E-state index contributed by atoms with van der Waals surface area (Å²) in [5.74, 6) is 0.605. The van der Waals surface area contributed by atoms with Gasteiger partial charge in [-0.3, -0.25) is 4.98 Å². The van der Waals surface area contributed by atoms with Crippen molar-refractivity contribution in [1.29, 1.82) is 0 Å². The highest BCUT2D eigenvalue weighted by Gasteiger charge is 2.06. The molecule has 0 saturated heterocycles. The molecule has 2 aromatic rings. The number of hydrogen-bond donors (Lipinski definition) is 1. The van der Waals surface area contributed by atoms with Crippen LogP contribution < -0.4 is 10.5 Å². The van der Waals surface area contributed by atoms with Gasteiger partial charge in [0.25, 0.3) is 0 Å². The standard InChI is InChI=1S/C13H11BrN2OS/c14-10-3-1-9(2-4-10)8-17-12-7-16-6-5-11(12)13(15)18/h1-7H,8H2,(H2,15,18). The van der Waals surface area contributed by atoms with E-state index in [1.807, 2.05) is 24.3 Å². The van der Waals surface area contributed by atoms with E-state index in [-0.39, 0.29) is 0 Å². The number of rotatable bonds is 4. The van der Waals surface area contributed by atoms with Crippen LogP contribution in [0.2, 0.25) is 0 Å². The minimum absolute atomic E-state index is 0.309. The Morgan fingerprint density at radius 1 is 1.28 bits per heavy atom. The molecular weight excluding hydrogens is 312 g/mol. The largest absolute Gasteiger partial charge is 0.487 e. The molecule has 0 unspecified atom stereocenters. The molecule has 0 aliphatic rings. The van der Waals surface area contributed by atoms with E-state index in [0.29, 0.717) is 22.9 Å². The first-order valence-corrected chi connectivity index (χ1v) is 6.48. The molecule has 18 heavy (non-hydrogen) atoms. The molecule has 0 aliphatic heterocycles. The van der Waals surface area contributed by atoms with Crippen LogP contribution in [-0.4, -0.2) is 9.97 Å². The van der Waals surface area contributed by atoms with Crippen LogP contribution in [0.15, 0.2) is 47.2 Å². The van der Waals surface area contributed by atoms with Gasteiger partial charge in [-0.15, -0.1) is 0 Å². The van der Waals surface area contributed by atoms with E-state index in [1.165, 1.54) is 0 Å². The van der Waals surface area contributed by atoms with Crippen molar-refractivity contribution in [2.75, 3.05) is 0 Å². The molecule has 92 valence electrons. The lowest BCUT2D eigenvalue weighted by atomic mass is 10.2. The molecule has 0 radical (unpaired) electrons. The molecule has 0 saturated carbocycles. The normalized spacial score (nSPS) is 10.1. The summed E-state index contributed by atoms with van der Waals surface area (Å²) in [6, 6.07) is 9.66. The van der Waals surface area contributed by atoms with Gasteiger partial charge < -0.3 is 10.5 Å². The maximum Gasteiger partial charge on any atom is 0.148 e. The van der Waals surface area contributed by atoms with E-state index >= 15 is 0 Å². The molecular formula is C13H11BrN2OS. The molecule has 2 rings (SSSR count). The zero-order valence-electron chi connectivity index (χ0n) is 9.47. The van der Waals surface area contributed by atoms with E-state index in [1.54, 1.807) is 18.5 Å². The van der Waals surface area contributed by atoms with Crippen molar-refractivity contribution in [1.82, 2.24) is 4.98 Å². The lowest BCUT2D eigenvalue weighted by molar-refractivity contribution is 0.304. The third kappa shape index (κ3) is 3.27. The van der Waals surface area contributed by atoms with Crippen LogP contribution >= 0.6 is 28.1 Å². The second-order valence-electron chi connectivity index (χ2n) is 3.65. The highest BCUT2D eigenvalue weighted by Crippen LogP contribution is 2.18. The molecule has 0 aliphatic carbocycles. The van der Waals surface area contributed by atoms with Crippen molar-refractivity contribution >= 4 is 33.1 Å². The summed E-state index contributed by atoms with van der Waals surface area (Å²) in [6.07, 6.45) is 3.26. The van der Waals surface area contributed by atoms with E-state index in [0.717, 1.165) is 10.0 Å². The fourth-order valence-corrected chi connectivity index (χ4v) is 1.87. The van der Waals surface area contributed by atoms with Gasteiger partial charge in [-0.1, -0.05) is 40.3 Å². The van der Waals surface area contributed by atoms with Gasteiger partial charge in [-0.2, -0.15) is 0 Å². The van der Waals surface area contributed by atoms with Crippen LogP contribution in [0, 0.1) is 0 Å². The van der Waals surface area contributed by atoms with Crippen LogP contribution in [0.4, 0.5) is 0 Å². The predicted molar refractivity (Wildman–Crippen MR) is 78.6 cm³/mol. The molecule has 1 aromatic heterocycles. The van der Waals surface area contributed by atoms with Gasteiger partial charge in [-0.25, -0.2) is 0 Å². The summed E-state index contributed by atoms with van der Waals surface area (Å²) in [7, 11) is 0. The molecule has 0 fully saturated rings. The summed E-state index contributed by atoms with van der Waals surface area (Å²) in [4.78, 5) is 4.31. The van der Waals surface area contributed by atoms with Crippen molar-refractivity contribution in [3.05, 3.63) is 58.3 Å². The van der Waals surface area contributed by atoms with Gasteiger partial charge in [0, 0.05) is 10.7 Å². The second kappa shape index (κ2) is 5.93. The summed E-state index contributed by atoms with van der Waals surface area (Å²) >= 11 is 8.35. The second-order valence-corrected chi connectivity index (χ2v) is 5.01. The number of thiocarbonyl (C=S) groups is 1. The minimum Gasteiger partial charge on any atom is -0.487 e. The molecule has 0 atom stereocenters. The number of halogens is 1. The van der Waals surface area contributed by atoms with Gasteiger partial charge in [0.2, 0.25) is 0 Å². The van der Waals surface area contributed by atoms with E-state index in [9.17, 15) is 0 Å². The van der Waals surface area contributed by atoms with Crippen molar-refractivity contribution in [2.24, 2.45) is 5.73 Å². The molecule has 1 heterocycles. The summed E-state index contributed by atoms with van der Waals surface area (Å²) in [5, 5.41) is 0. The molecule has 3 nitrogen and oxygen atoms in total. The zero-order valence-corrected chi connectivity index (χ0v) is 11.9. The number of nitrogens with two attached hydrogens (primary N) is 1. The highest BCUT2D eigenvalue weighted by molar-refractivity contribution is 9.10. The SMILES string of the molecule is NC(=S)c1ccncc1OCc1ccc(Br)cc1. The molecule has 0 spiro atoms. The maximum atomic E-state index is 5.68. The Hall–Kier alpha value is -1.46. The van der Waals surface area contributed by atoms with Crippen molar-refractivity contribution in [3.63, 3.8) is 0 Å². The fraction of sp³-hybridized carbons (Fsp3) is 0.0769. The average molecular weight is 323 g/mol. The predicted octanol–water partition coefficient (Wildman–Crippen LogP) is 3.06. The van der Waals surface area contributed by atoms with Crippen LogP contribution in [0.3, 0.4) is 0 Å². The van der Waals surface area contributed by atoms with Gasteiger partial charge in [-0.05, 0) is 23.8 Å². The number of ether oxygens (including phenoxy) is 1. The third-order valence-electron chi connectivity index (χ3n) is 2.36. The quantitative estimate of drug-likeness (QED) is 0.879. The fourth-order valence-electron chi connectivity index (χ4n) is 1.44. The number of benzene rings is 1. The molecule has 0 amide bonds. The van der Waals surface area contributed by atoms with Gasteiger partial charge in [0.1, 0.15) is 17.3 Å². The first-order chi connectivity index (χ1) is 8.66. The third-order valence-corrected chi connectivity index (χ3v) is 3.11. The molecule has 2 N–H and O–H groups in total.